The van der Waals surface area contributed by atoms with E-state index in [1.54, 1.807) is 12.1 Å². The number of guanidine groups is 1. The fourth-order valence-corrected chi connectivity index (χ4v) is 3.42. The summed E-state index contributed by atoms with van der Waals surface area (Å²) in [4.78, 5) is 7.05. The zero-order valence-corrected chi connectivity index (χ0v) is 21.0. The van der Waals surface area contributed by atoms with Crippen LogP contribution in [-0.4, -0.2) is 70.0 Å². The van der Waals surface area contributed by atoms with Gasteiger partial charge in [0.1, 0.15) is 0 Å². The summed E-state index contributed by atoms with van der Waals surface area (Å²) in [5.74, 6) is 1.43. The van der Waals surface area contributed by atoms with Gasteiger partial charge in [-0.25, -0.2) is 4.99 Å². The van der Waals surface area contributed by atoms with Crippen LogP contribution in [0.25, 0.3) is 0 Å². The molecule has 1 aliphatic heterocycles. The van der Waals surface area contributed by atoms with Gasteiger partial charge in [-0.15, -0.1) is 24.0 Å². The summed E-state index contributed by atoms with van der Waals surface area (Å²) in [5.41, 5.74) is 0.747. The van der Waals surface area contributed by atoms with Gasteiger partial charge in [0.15, 0.2) is 17.5 Å². The molecule has 0 radical (unpaired) electrons. The molecule has 7 nitrogen and oxygen atoms in total. The normalized spacial score (nSPS) is 16.1. The van der Waals surface area contributed by atoms with E-state index < -0.39 is 6.61 Å². The van der Waals surface area contributed by atoms with E-state index in [1.165, 1.54) is 13.2 Å². The molecule has 31 heavy (non-hydrogen) atoms. The number of alkyl halides is 2. The number of ether oxygens (including phenoxy) is 3. The summed E-state index contributed by atoms with van der Waals surface area (Å²) >= 11 is 0. The van der Waals surface area contributed by atoms with Crippen molar-refractivity contribution < 1.29 is 23.0 Å². The van der Waals surface area contributed by atoms with Crippen molar-refractivity contribution in [2.75, 3.05) is 46.5 Å². The highest BCUT2D eigenvalue weighted by Crippen LogP contribution is 2.29. The van der Waals surface area contributed by atoms with Crippen molar-refractivity contribution in [2.24, 2.45) is 10.9 Å². The van der Waals surface area contributed by atoms with Crippen LogP contribution in [-0.2, 0) is 11.3 Å². The van der Waals surface area contributed by atoms with E-state index in [1.807, 2.05) is 6.92 Å². The van der Waals surface area contributed by atoms with Gasteiger partial charge in [-0.3, -0.25) is 4.90 Å². The second-order valence-electron chi connectivity index (χ2n) is 7.40. The monoisotopic (exact) mass is 556 g/mol. The average molecular weight is 556 g/mol. The summed E-state index contributed by atoms with van der Waals surface area (Å²) in [6.45, 7) is 8.70. The molecule has 1 unspecified atom stereocenters. The number of hydrogen-bond acceptors (Lipinski definition) is 5. The number of halogens is 3. The summed E-state index contributed by atoms with van der Waals surface area (Å²) in [6, 6.07) is 5.29. The highest BCUT2D eigenvalue weighted by Gasteiger charge is 2.23. The number of aliphatic imine (C=N–C) groups is 1. The first-order valence-electron chi connectivity index (χ1n) is 10.4. The van der Waals surface area contributed by atoms with E-state index in [0.717, 1.165) is 45.0 Å². The second-order valence-corrected chi connectivity index (χ2v) is 7.40. The Balaban J connectivity index is 0.00000480. The van der Waals surface area contributed by atoms with Crippen LogP contribution in [0.3, 0.4) is 0 Å². The van der Waals surface area contributed by atoms with E-state index in [2.05, 4.69) is 39.1 Å². The van der Waals surface area contributed by atoms with Crippen molar-refractivity contribution in [3.05, 3.63) is 23.8 Å². The summed E-state index contributed by atoms with van der Waals surface area (Å²) in [7, 11) is 1.41. The molecule has 178 valence electrons. The predicted molar refractivity (Wildman–Crippen MR) is 129 cm³/mol. The van der Waals surface area contributed by atoms with Gasteiger partial charge in [0.2, 0.25) is 0 Å². The maximum Gasteiger partial charge on any atom is 0.387 e. The number of rotatable bonds is 10. The van der Waals surface area contributed by atoms with Gasteiger partial charge in [-0.05, 0) is 30.5 Å². The molecule has 2 N–H and O–H groups in total. The molecule has 1 fully saturated rings. The Bertz CT molecular complexity index is 674. The zero-order valence-electron chi connectivity index (χ0n) is 18.7. The molecule has 0 aromatic heterocycles. The lowest BCUT2D eigenvalue weighted by molar-refractivity contribution is -0.0512. The third-order valence-corrected chi connectivity index (χ3v) is 4.97. The van der Waals surface area contributed by atoms with Crippen molar-refractivity contribution in [3.63, 3.8) is 0 Å². The van der Waals surface area contributed by atoms with Crippen molar-refractivity contribution in [3.8, 4) is 11.5 Å². The van der Waals surface area contributed by atoms with Crippen LogP contribution >= 0.6 is 24.0 Å². The Morgan fingerprint density at radius 3 is 2.48 bits per heavy atom. The lowest BCUT2D eigenvalue weighted by Crippen LogP contribution is -2.52. The topological polar surface area (TPSA) is 67.4 Å². The largest absolute Gasteiger partial charge is 0.493 e. The minimum Gasteiger partial charge on any atom is -0.493 e. The fraction of sp³-hybridized carbons (Fsp3) is 0.667. The van der Waals surface area contributed by atoms with Crippen LogP contribution < -0.4 is 20.1 Å². The molecule has 1 saturated heterocycles. The molecule has 0 bridgehead atoms. The van der Waals surface area contributed by atoms with Gasteiger partial charge in [-0.1, -0.05) is 19.9 Å². The van der Waals surface area contributed by atoms with Gasteiger partial charge in [0.05, 0.1) is 26.9 Å². The zero-order chi connectivity index (χ0) is 21.9. The van der Waals surface area contributed by atoms with Crippen molar-refractivity contribution in [2.45, 2.75) is 40.0 Å². The highest BCUT2D eigenvalue weighted by molar-refractivity contribution is 14.0. The number of nitrogens with one attached hydrogen (secondary N) is 2. The lowest BCUT2D eigenvalue weighted by atomic mass is 10.0. The number of morpholine rings is 1. The van der Waals surface area contributed by atoms with Crippen LogP contribution in [0.4, 0.5) is 8.78 Å². The molecular weight excluding hydrogens is 521 g/mol. The first-order chi connectivity index (χ1) is 14.4. The Morgan fingerprint density at radius 1 is 1.19 bits per heavy atom. The van der Waals surface area contributed by atoms with Crippen LogP contribution in [0.2, 0.25) is 0 Å². The van der Waals surface area contributed by atoms with Crippen molar-refractivity contribution in [1.82, 2.24) is 15.5 Å². The van der Waals surface area contributed by atoms with Gasteiger partial charge in [0.25, 0.3) is 0 Å². The first-order valence-corrected chi connectivity index (χ1v) is 10.4. The molecule has 0 amide bonds. The minimum atomic E-state index is -2.91. The number of benzene rings is 1. The van der Waals surface area contributed by atoms with Crippen molar-refractivity contribution in [1.29, 1.82) is 0 Å². The van der Waals surface area contributed by atoms with Crippen molar-refractivity contribution >= 4 is 29.9 Å². The van der Waals surface area contributed by atoms with Gasteiger partial charge >= 0.3 is 6.61 Å². The van der Waals surface area contributed by atoms with E-state index in [9.17, 15) is 8.78 Å². The second kappa shape index (κ2) is 14.6. The molecular formula is C21H35F2IN4O3. The Hall–Kier alpha value is -1.40. The maximum atomic E-state index is 12.6. The average Bonchev–Trinajstić information content (AvgIpc) is 2.72. The lowest BCUT2D eigenvalue weighted by Gasteiger charge is -2.37. The molecule has 1 aliphatic rings. The van der Waals surface area contributed by atoms with Gasteiger partial charge < -0.3 is 24.8 Å². The molecule has 1 heterocycles. The molecule has 0 spiro atoms. The van der Waals surface area contributed by atoms with Crippen LogP contribution in [0.15, 0.2) is 23.2 Å². The maximum absolute atomic E-state index is 12.6. The minimum absolute atomic E-state index is 0. The smallest absolute Gasteiger partial charge is 0.387 e. The molecule has 1 atom stereocenters. The summed E-state index contributed by atoms with van der Waals surface area (Å²) in [6.07, 6.45) is 0. The van der Waals surface area contributed by atoms with E-state index in [4.69, 9.17) is 9.47 Å². The standard InChI is InChI=1S/C21H34F2N4O3.HI/c1-5-24-21(26-14-17(15(2)3)27-8-10-29-11-9-27)25-13-16-6-7-18(28-4)19(12-16)30-20(22)23;/h6-7,12,15,17,20H,5,8-11,13-14H2,1-4H3,(H2,24,25,26);1H. The summed E-state index contributed by atoms with van der Waals surface area (Å²) in [5, 5.41) is 6.66. The molecule has 10 heteroatoms. The summed E-state index contributed by atoms with van der Waals surface area (Å²) < 4.78 is 40.4. The third-order valence-electron chi connectivity index (χ3n) is 4.97. The molecule has 1 aromatic carbocycles. The SMILES string of the molecule is CCNC(=NCc1ccc(OC)c(OC(F)F)c1)NCC(C(C)C)N1CCOCC1.I. The Morgan fingerprint density at radius 2 is 1.90 bits per heavy atom. The van der Waals surface area contributed by atoms with Crippen LogP contribution in [0.5, 0.6) is 11.5 Å². The van der Waals surface area contributed by atoms with E-state index >= 15 is 0 Å². The highest BCUT2D eigenvalue weighted by atomic mass is 127. The quantitative estimate of drug-likeness (QED) is 0.262. The van der Waals surface area contributed by atoms with E-state index in [-0.39, 0.29) is 35.5 Å². The Labute approximate surface area is 200 Å². The van der Waals surface area contributed by atoms with E-state index in [0.29, 0.717) is 24.5 Å². The van der Waals surface area contributed by atoms with Crippen LogP contribution in [0, 0.1) is 5.92 Å². The number of methoxy groups -OCH3 is 1. The molecule has 1 aromatic rings. The predicted octanol–water partition coefficient (Wildman–Crippen LogP) is 3.33. The van der Waals surface area contributed by atoms with Gasteiger partial charge in [0, 0.05) is 32.2 Å². The number of nitrogens with zero attached hydrogens (tertiary/aromatic N) is 2. The molecule has 0 aliphatic carbocycles. The fourth-order valence-electron chi connectivity index (χ4n) is 3.42. The Kier molecular flexibility index (Phi) is 13.0. The van der Waals surface area contributed by atoms with Gasteiger partial charge in [-0.2, -0.15) is 8.78 Å². The first kappa shape index (κ1) is 27.6. The molecule has 0 saturated carbocycles. The third kappa shape index (κ3) is 9.32. The molecule has 2 rings (SSSR count). The van der Waals surface area contributed by atoms with Crippen LogP contribution in [0.1, 0.15) is 26.3 Å². The number of hydrogen-bond donors (Lipinski definition) is 2.